The molecule has 2 aromatic rings. The van der Waals surface area contributed by atoms with Gasteiger partial charge in [0, 0.05) is 4.90 Å². The summed E-state index contributed by atoms with van der Waals surface area (Å²) in [5.41, 5.74) is -0.440. The quantitative estimate of drug-likeness (QED) is 0.903. The first-order chi connectivity index (χ1) is 8.50. The molecule has 1 heterocycles. The average molecular weight is 290 g/mol. The van der Waals surface area contributed by atoms with Crippen LogP contribution in [-0.2, 0) is 12.8 Å². The van der Waals surface area contributed by atoms with Crippen LogP contribution >= 0.6 is 23.1 Å². The molecule has 1 nitrogen and oxygen atoms in total. The number of aliphatic hydroxyl groups excluding tert-OH is 1. The molecule has 1 aromatic heterocycles. The number of rotatable bonds is 3. The number of thiophene rings is 1. The number of halogens is 3. The van der Waals surface area contributed by atoms with E-state index < -0.39 is 18.3 Å². The predicted molar refractivity (Wildman–Crippen MR) is 65.8 cm³/mol. The summed E-state index contributed by atoms with van der Waals surface area (Å²) >= 11 is 2.48. The highest BCUT2D eigenvalue weighted by Crippen LogP contribution is 2.41. The molecule has 1 N–H and O–H groups in total. The van der Waals surface area contributed by atoms with Crippen LogP contribution in [0.2, 0.25) is 0 Å². The Hall–Kier alpha value is -0.980. The molecule has 18 heavy (non-hydrogen) atoms. The van der Waals surface area contributed by atoms with E-state index in [0.29, 0.717) is 0 Å². The van der Waals surface area contributed by atoms with E-state index in [0.717, 1.165) is 22.0 Å². The van der Waals surface area contributed by atoms with Crippen LogP contribution in [0.3, 0.4) is 0 Å². The third kappa shape index (κ3) is 3.07. The summed E-state index contributed by atoms with van der Waals surface area (Å²) in [6.07, 6.45) is -4.41. The second kappa shape index (κ2) is 5.34. The third-order valence-electron chi connectivity index (χ3n) is 2.24. The monoisotopic (exact) mass is 290 g/mol. The molecule has 0 spiro atoms. The minimum Gasteiger partial charge on any atom is -0.392 e. The summed E-state index contributed by atoms with van der Waals surface area (Å²) in [6.45, 7) is -0.396. The molecule has 0 atom stereocenters. The van der Waals surface area contributed by atoms with Crippen molar-refractivity contribution < 1.29 is 18.3 Å². The van der Waals surface area contributed by atoms with Gasteiger partial charge in [0.25, 0.3) is 0 Å². The van der Waals surface area contributed by atoms with Crippen LogP contribution in [0.4, 0.5) is 13.2 Å². The van der Waals surface area contributed by atoms with E-state index in [4.69, 9.17) is 5.11 Å². The van der Waals surface area contributed by atoms with Crippen LogP contribution in [0.5, 0.6) is 0 Å². The molecule has 96 valence electrons. The molecule has 1 aromatic carbocycles. The average Bonchev–Trinajstić information content (AvgIpc) is 2.81. The van der Waals surface area contributed by atoms with E-state index in [1.54, 1.807) is 12.1 Å². The van der Waals surface area contributed by atoms with Crippen molar-refractivity contribution in [3.05, 3.63) is 46.8 Å². The van der Waals surface area contributed by atoms with Gasteiger partial charge in [0.1, 0.15) is 0 Å². The fourth-order valence-electron chi connectivity index (χ4n) is 1.42. The van der Waals surface area contributed by atoms with Crippen LogP contribution in [0.25, 0.3) is 0 Å². The van der Waals surface area contributed by atoms with Gasteiger partial charge in [0.15, 0.2) is 0 Å². The maximum absolute atomic E-state index is 12.9. The zero-order valence-corrected chi connectivity index (χ0v) is 10.7. The van der Waals surface area contributed by atoms with Crippen molar-refractivity contribution in [2.75, 3.05) is 0 Å². The topological polar surface area (TPSA) is 20.2 Å². The molecule has 0 aliphatic heterocycles. The van der Waals surface area contributed by atoms with Crippen molar-refractivity contribution in [1.82, 2.24) is 0 Å². The van der Waals surface area contributed by atoms with Crippen molar-refractivity contribution >= 4 is 23.1 Å². The zero-order valence-electron chi connectivity index (χ0n) is 9.07. The van der Waals surface area contributed by atoms with Crippen molar-refractivity contribution in [2.45, 2.75) is 21.9 Å². The lowest BCUT2D eigenvalue weighted by Gasteiger charge is -2.13. The number of benzene rings is 1. The van der Waals surface area contributed by atoms with E-state index in [9.17, 15) is 13.2 Å². The highest BCUT2D eigenvalue weighted by atomic mass is 32.2. The van der Waals surface area contributed by atoms with Gasteiger partial charge in [0.05, 0.1) is 16.4 Å². The Labute approximate surface area is 110 Å². The van der Waals surface area contributed by atoms with Gasteiger partial charge in [-0.25, -0.2) is 0 Å². The number of alkyl halides is 3. The summed E-state index contributed by atoms with van der Waals surface area (Å²) in [6, 6.07) is 7.47. The fourth-order valence-corrected chi connectivity index (χ4v) is 3.28. The van der Waals surface area contributed by atoms with Crippen molar-refractivity contribution in [2.24, 2.45) is 0 Å². The largest absolute Gasteiger partial charge is 0.417 e. The minimum atomic E-state index is -4.41. The molecule has 0 radical (unpaired) electrons. The third-order valence-corrected chi connectivity index (χ3v) is 4.35. The van der Waals surface area contributed by atoms with E-state index in [1.807, 2.05) is 5.38 Å². The van der Waals surface area contributed by atoms with Gasteiger partial charge in [-0.2, -0.15) is 13.2 Å². The maximum atomic E-state index is 12.9. The lowest BCUT2D eigenvalue weighted by Crippen LogP contribution is -2.07. The normalized spacial score (nSPS) is 11.8. The van der Waals surface area contributed by atoms with Gasteiger partial charge in [-0.1, -0.05) is 23.9 Å². The summed E-state index contributed by atoms with van der Waals surface area (Å²) < 4.78 is 39.5. The Bertz CT molecular complexity index is 521. The minimum absolute atomic E-state index is 0.155. The fraction of sp³-hybridized carbons (Fsp3) is 0.167. The zero-order chi connectivity index (χ0) is 13.2. The predicted octanol–water partition coefficient (Wildman–Crippen LogP) is 4.41. The van der Waals surface area contributed by atoms with Gasteiger partial charge >= 0.3 is 6.18 Å². The summed E-state index contributed by atoms with van der Waals surface area (Å²) in [5, 5.41) is 10.7. The Morgan fingerprint density at radius 1 is 1.22 bits per heavy atom. The Morgan fingerprint density at radius 3 is 2.56 bits per heavy atom. The van der Waals surface area contributed by atoms with Gasteiger partial charge in [-0.15, -0.1) is 11.3 Å². The molecule has 2 rings (SSSR count). The standard InChI is InChI=1S/C12H9F3OS2/c13-12(14,15)9-6-8(7-16)3-4-10(9)18-11-2-1-5-17-11/h1-6,16H,7H2. The number of hydrogen-bond donors (Lipinski definition) is 1. The van der Waals surface area contributed by atoms with Crippen LogP contribution in [-0.4, -0.2) is 5.11 Å². The van der Waals surface area contributed by atoms with Gasteiger partial charge in [-0.05, 0) is 29.1 Å². The van der Waals surface area contributed by atoms with Gasteiger partial charge in [0.2, 0.25) is 0 Å². The Kier molecular flexibility index (Phi) is 3.99. The second-order valence-electron chi connectivity index (χ2n) is 3.52. The molecule has 0 bridgehead atoms. The van der Waals surface area contributed by atoms with E-state index in [1.165, 1.54) is 23.5 Å². The van der Waals surface area contributed by atoms with Crippen LogP contribution in [0, 0.1) is 0 Å². The van der Waals surface area contributed by atoms with Gasteiger partial charge < -0.3 is 5.11 Å². The Balaban J connectivity index is 2.40. The lowest BCUT2D eigenvalue weighted by molar-refractivity contribution is -0.139. The maximum Gasteiger partial charge on any atom is 0.417 e. The highest BCUT2D eigenvalue weighted by Gasteiger charge is 2.33. The van der Waals surface area contributed by atoms with E-state index in [-0.39, 0.29) is 10.5 Å². The van der Waals surface area contributed by atoms with Crippen molar-refractivity contribution in [3.8, 4) is 0 Å². The SMILES string of the molecule is OCc1ccc(Sc2cccs2)c(C(F)(F)F)c1. The van der Waals surface area contributed by atoms with E-state index >= 15 is 0 Å². The lowest BCUT2D eigenvalue weighted by atomic mass is 10.1. The van der Waals surface area contributed by atoms with Gasteiger partial charge in [-0.3, -0.25) is 0 Å². The smallest absolute Gasteiger partial charge is 0.392 e. The number of hydrogen-bond acceptors (Lipinski definition) is 3. The molecular weight excluding hydrogens is 281 g/mol. The first-order valence-electron chi connectivity index (χ1n) is 5.03. The van der Waals surface area contributed by atoms with Crippen LogP contribution < -0.4 is 0 Å². The molecule has 0 amide bonds. The molecule has 0 saturated heterocycles. The van der Waals surface area contributed by atoms with Crippen molar-refractivity contribution in [3.63, 3.8) is 0 Å². The van der Waals surface area contributed by atoms with Crippen molar-refractivity contribution in [1.29, 1.82) is 0 Å². The van der Waals surface area contributed by atoms with E-state index in [2.05, 4.69) is 0 Å². The van der Waals surface area contributed by atoms with Crippen LogP contribution in [0.1, 0.15) is 11.1 Å². The van der Waals surface area contributed by atoms with Crippen LogP contribution in [0.15, 0.2) is 44.8 Å². The molecule has 0 aliphatic carbocycles. The molecule has 0 fully saturated rings. The number of aliphatic hydroxyl groups is 1. The molecule has 0 aliphatic rings. The highest BCUT2D eigenvalue weighted by molar-refractivity contribution is 8.01. The molecule has 0 saturated carbocycles. The molecular formula is C12H9F3OS2. The molecule has 0 unspecified atom stereocenters. The first kappa shape index (κ1) is 13.5. The summed E-state index contributed by atoms with van der Waals surface area (Å²) in [7, 11) is 0. The summed E-state index contributed by atoms with van der Waals surface area (Å²) in [4.78, 5) is 0.155. The first-order valence-corrected chi connectivity index (χ1v) is 6.72. The Morgan fingerprint density at radius 2 is 2.00 bits per heavy atom. The molecule has 6 heteroatoms. The summed E-state index contributed by atoms with van der Waals surface area (Å²) in [5.74, 6) is 0. The second-order valence-corrected chi connectivity index (χ2v) is 5.81.